The molecule has 6 heteroatoms. The van der Waals surface area contributed by atoms with Gasteiger partial charge in [0, 0.05) is 5.69 Å². The SMILES string of the molecule is COC(=O)c1cc(NC(=O)C2(c3ccc(F)cc3)CCCCC2)ccc1OCC(C)C. The van der Waals surface area contributed by atoms with Crippen molar-refractivity contribution >= 4 is 17.6 Å². The van der Waals surface area contributed by atoms with Crippen molar-refractivity contribution < 1.29 is 23.5 Å². The van der Waals surface area contributed by atoms with Crippen molar-refractivity contribution in [2.75, 3.05) is 19.0 Å². The van der Waals surface area contributed by atoms with E-state index in [1.165, 1.54) is 19.2 Å². The van der Waals surface area contributed by atoms with Crippen molar-refractivity contribution in [2.24, 2.45) is 5.92 Å². The number of benzene rings is 2. The molecule has 0 spiro atoms. The van der Waals surface area contributed by atoms with Gasteiger partial charge in [-0.2, -0.15) is 0 Å². The highest BCUT2D eigenvalue weighted by atomic mass is 19.1. The Morgan fingerprint density at radius 2 is 1.74 bits per heavy atom. The lowest BCUT2D eigenvalue weighted by atomic mass is 9.68. The Hall–Kier alpha value is -2.89. The van der Waals surface area contributed by atoms with Crippen LogP contribution in [0.3, 0.4) is 0 Å². The molecule has 2 aromatic carbocycles. The number of halogens is 1. The molecular formula is C25H30FNO4. The minimum atomic E-state index is -0.718. The molecule has 1 amide bonds. The minimum absolute atomic E-state index is 0.148. The fraction of sp³-hybridized carbons (Fsp3) is 0.440. The van der Waals surface area contributed by atoms with Gasteiger partial charge in [0.2, 0.25) is 5.91 Å². The summed E-state index contributed by atoms with van der Waals surface area (Å²) in [6, 6.07) is 11.2. The van der Waals surface area contributed by atoms with Gasteiger partial charge in [0.05, 0.1) is 19.1 Å². The second kappa shape index (κ2) is 9.94. The molecule has 1 saturated carbocycles. The van der Waals surface area contributed by atoms with Crippen molar-refractivity contribution in [2.45, 2.75) is 51.4 Å². The molecule has 5 nitrogen and oxygen atoms in total. The molecule has 0 bridgehead atoms. The van der Waals surface area contributed by atoms with Crippen LogP contribution < -0.4 is 10.1 Å². The summed E-state index contributed by atoms with van der Waals surface area (Å²) in [5, 5.41) is 2.98. The quantitative estimate of drug-likeness (QED) is 0.594. The van der Waals surface area contributed by atoms with E-state index in [0.29, 0.717) is 36.8 Å². The molecule has 31 heavy (non-hydrogen) atoms. The Bertz CT molecular complexity index is 918. The third-order valence-corrected chi connectivity index (χ3v) is 5.75. The molecule has 0 aliphatic heterocycles. The molecule has 2 aromatic rings. The Balaban J connectivity index is 1.89. The number of hydrogen-bond donors (Lipinski definition) is 1. The topological polar surface area (TPSA) is 64.6 Å². The molecule has 0 radical (unpaired) electrons. The van der Waals surface area contributed by atoms with Crippen molar-refractivity contribution in [3.63, 3.8) is 0 Å². The molecule has 166 valence electrons. The second-order valence-electron chi connectivity index (χ2n) is 8.51. The van der Waals surface area contributed by atoms with Crippen LogP contribution >= 0.6 is 0 Å². The van der Waals surface area contributed by atoms with Crippen LogP contribution in [0.2, 0.25) is 0 Å². The van der Waals surface area contributed by atoms with E-state index in [1.807, 2.05) is 13.8 Å². The normalized spacial score (nSPS) is 15.4. The van der Waals surface area contributed by atoms with Gasteiger partial charge in [-0.15, -0.1) is 0 Å². The summed E-state index contributed by atoms with van der Waals surface area (Å²) in [5.74, 6) is -0.280. The maximum absolute atomic E-state index is 13.5. The van der Waals surface area contributed by atoms with Gasteiger partial charge >= 0.3 is 5.97 Å². The Morgan fingerprint density at radius 1 is 1.06 bits per heavy atom. The lowest BCUT2D eigenvalue weighted by Crippen LogP contribution is -2.42. The van der Waals surface area contributed by atoms with Crippen molar-refractivity contribution in [3.05, 3.63) is 59.4 Å². The van der Waals surface area contributed by atoms with Crippen LogP contribution in [0.5, 0.6) is 5.75 Å². The molecular weight excluding hydrogens is 397 g/mol. The summed E-state index contributed by atoms with van der Waals surface area (Å²) in [7, 11) is 1.31. The summed E-state index contributed by atoms with van der Waals surface area (Å²) in [4.78, 5) is 25.8. The largest absolute Gasteiger partial charge is 0.492 e. The molecule has 1 aliphatic carbocycles. The maximum atomic E-state index is 13.5. The fourth-order valence-electron chi connectivity index (χ4n) is 4.08. The highest BCUT2D eigenvalue weighted by Crippen LogP contribution is 2.40. The van der Waals surface area contributed by atoms with E-state index in [9.17, 15) is 14.0 Å². The second-order valence-corrected chi connectivity index (χ2v) is 8.51. The predicted molar refractivity (Wildman–Crippen MR) is 118 cm³/mol. The van der Waals surface area contributed by atoms with Gasteiger partial charge in [0.1, 0.15) is 17.1 Å². The number of methoxy groups -OCH3 is 1. The zero-order valence-electron chi connectivity index (χ0n) is 18.4. The average Bonchev–Trinajstić information content (AvgIpc) is 2.78. The van der Waals surface area contributed by atoms with E-state index >= 15 is 0 Å². The van der Waals surface area contributed by atoms with Crippen LogP contribution in [-0.4, -0.2) is 25.6 Å². The molecule has 1 N–H and O–H groups in total. The first-order valence-electron chi connectivity index (χ1n) is 10.8. The Labute approximate surface area is 182 Å². The van der Waals surface area contributed by atoms with Crippen LogP contribution in [0.15, 0.2) is 42.5 Å². The molecule has 0 unspecified atom stereocenters. The van der Waals surface area contributed by atoms with Crippen LogP contribution in [0.4, 0.5) is 10.1 Å². The van der Waals surface area contributed by atoms with Gasteiger partial charge in [-0.1, -0.05) is 45.2 Å². The van der Waals surface area contributed by atoms with E-state index in [-0.39, 0.29) is 17.3 Å². The first-order valence-corrected chi connectivity index (χ1v) is 10.8. The summed E-state index contributed by atoms with van der Waals surface area (Å²) >= 11 is 0. The van der Waals surface area contributed by atoms with Gasteiger partial charge < -0.3 is 14.8 Å². The Kier molecular flexibility index (Phi) is 7.31. The van der Waals surface area contributed by atoms with Crippen LogP contribution in [0, 0.1) is 11.7 Å². The van der Waals surface area contributed by atoms with Gasteiger partial charge in [0.15, 0.2) is 0 Å². The summed E-state index contributed by atoms with van der Waals surface area (Å²) in [6.45, 7) is 4.50. The van der Waals surface area contributed by atoms with E-state index in [2.05, 4.69) is 5.32 Å². The van der Waals surface area contributed by atoms with E-state index in [1.54, 1.807) is 30.3 Å². The summed E-state index contributed by atoms with van der Waals surface area (Å²) in [5.41, 5.74) is 0.857. The molecule has 0 saturated heterocycles. The molecule has 3 rings (SSSR count). The average molecular weight is 428 g/mol. The van der Waals surface area contributed by atoms with Crippen LogP contribution in [-0.2, 0) is 14.9 Å². The number of amides is 1. The van der Waals surface area contributed by atoms with Gasteiger partial charge in [0.25, 0.3) is 0 Å². The number of esters is 1. The smallest absolute Gasteiger partial charge is 0.341 e. The fourth-order valence-corrected chi connectivity index (χ4v) is 4.08. The maximum Gasteiger partial charge on any atom is 0.341 e. The van der Waals surface area contributed by atoms with Crippen molar-refractivity contribution in [1.29, 1.82) is 0 Å². The number of carbonyl (C=O) groups excluding carboxylic acids is 2. The molecule has 1 fully saturated rings. The summed E-state index contributed by atoms with van der Waals surface area (Å²) in [6.07, 6.45) is 4.33. The standard InChI is InChI=1S/C25H30FNO4/c1-17(2)16-31-22-12-11-20(15-21(22)23(28)30-3)27-24(29)25(13-5-4-6-14-25)18-7-9-19(26)10-8-18/h7-12,15,17H,4-6,13-14,16H2,1-3H3,(H,27,29). The predicted octanol–water partition coefficient (Wildman–Crippen LogP) is 5.49. The zero-order valence-corrected chi connectivity index (χ0v) is 18.4. The summed E-state index contributed by atoms with van der Waals surface area (Å²) < 4.78 is 24.1. The molecule has 0 aromatic heterocycles. The van der Waals surface area contributed by atoms with Gasteiger partial charge in [-0.3, -0.25) is 4.79 Å². The third-order valence-electron chi connectivity index (χ3n) is 5.75. The van der Waals surface area contributed by atoms with Crippen molar-refractivity contribution in [1.82, 2.24) is 0 Å². The first-order chi connectivity index (χ1) is 14.9. The number of anilines is 1. The first kappa shape index (κ1) is 22.8. The number of carbonyl (C=O) groups is 2. The van der Waals surface area contributed by atoms with E-state index in [4.69, 9.17) is 9.47 Å². The lowest BCUT2D eigenvalue weighted by Gasteiger charge is -2.36. The number of ether oxygens (including phenoxy) is 2. The monoisotopic (exact) mass is 427 g/mol. The molecule has 0 heterocycles. The zero-order chi connectivity index (χ0) is 22.4. The minimum Gasteiger partial charge on any atom is -0.492 e. The molecule has 0 atom stereocenters. The highest BCUT2D eigenvalue weighted by Gasteiger charge is 2.41. The van der Waals surface area contributed by atoms with Crippen LogP contribution in [0.1, 0.15) is 61.9 Å². The van der Waals surface area contributed by atoms with E-state index < -0.39 is 11.4 Å². The third kappa shape index (κ3) is 5.24. The van der Waals surface area contributed by atoms with Crippen LogP contribution in [0.25, 0.3) is 0 Å². The number of hydrogen-bond acceptors (Lipinski definition) is 4. The number of rotatable bonds is 7. The van der Waals surface area contributed by atoms with Crippen molar-refractivity contribution in [3.8, 4) is 5.75 Å². The highest BCUT2D eigenvalue weighted by molar-refractivity contribution is 6.01. The molecule has 1 aliphatic rings. The van der Waals surface area contributed by atoms with Gasteiger partial charge in [-0.05, 0) is 54.7 Å². The lowest BCUT2D eigenvalue weighted by molar-refractivity contribution is -0.122. The Morgan fingerprint density at radius 3 is 2.35 bits per heavy atom. The number of nitrogens with one attached hydrogen (secondary N) is 1. The van der Waals surface area contributed by atoms with Gasteiger partial charge in [-0.25, -0.2) is 9.18 Å². The van der Waals surface area contributed by atoms with E-state index in [0.717, 1.165) is 24.8 Å².